The maximum absolute atomic E-state index is 14.3. The van der Waals surface area contributed by atoms with Crippen molar-refractivity contribution in [3.63, 3.8) is 0 Å². The van der Waals surface area contributed by atoms with Gasteiger partial charge in [0.1, 0.15) is 30.3 Å². The van der Waals surface area contributed by atoms with Gasteiger partial charge in [-0.1, -0.05) is 98.2 Å². The first-order valence-corrected chi connectivity index (χ1v) is 27.1. The summed E-state index contributed by atoms with van der Waals surface area (Å²) in [5.41, 5.74) is 0.907. The van der Waals surface area contributed by atoms with Gasteiger partial charge in [-0.05, 0) is 75.6 Å². The Morgan fingerprint density at radius 2 is 1.51 bits per heavy atom. The van der Waals surface area contributed by atoms with Gasteiger partial charge in [0, 0.05) is 51.9 Å². The minimum Gasteiger partial charge on any atom is -0.460 e. The number of hydrogen-bond donors (Lipinski definition) is 2. The van der Waals surface area contributed by atoms with Crippen LogP contribution in [0.2, 0.25) is 18.1 Å². The first-order valence-electron chi connectivity index (χ1n) is 24.2. The van der Waals surface area contributed by atoms with Crippen LogP contribution in [0.3, 0.4) is 0 Å². The number of carbonyl (C=O) groups is 7. The third-order valence-electron chi connectivity index (χ3n) is 13.6. The Hall–Kier alpha value is -5.01. The first-order chi connectivity index (χ1) is 31.6. The minimum atomic E-state index is -2.39. The lowest BCUT2D eigenvalue weighted by Gasteiger charge is -2.42. The molecule has 9 atom stereocenters. The summed E-state index contributed by atoms with van der Waals surface area (Å²) < 4.78 is 19.2. The highest BCUT2D eigenvalue weighted by Gasteiger charge is 2.43. The zero-order chi connectivity index (χ0) is 51.8. The maximum Gasteiger partial charge on any atom is 0.334 e. The van der Waals surface area contributed by atoms with E-state index >= 15 is 0 Å². The van der Waals surface area contributed by atoms with Crippen molar-refractivity contribution >= 4 is 49.8 Å². The molecule has 0 fully saturated rings. The quantitative estimate of drug-likeness (QED) is 0.0966. The SMILES string of the molecule is C#CCCC[C@@H](O[Si](C)(C)C(C)(C)C)[C@@H](C)[C@@H]1C/C=C(\C)C(=O)O[C@H](CC(C)C)C(=O)N[C@@H](C)C(=O)N(C)[C@H](Cc2ccccc2)C(=O)N(C)CC(=O)N[C@H]([C@H](C)CC)C(=O)N(C)[C@@H](C)C(=O)O1. The molecule has 0 aliphatic carbocycles. The molecule has 1 aromatic rings. The fourth-order valence-electron chi connectivity index (χ4n) is 7.55. The maximum atomic E-state index is 14.3. The van der Waals surface area contributed by atoms with Gasteiger partial charge in [0.05, 0.1) is 12.6 Å². The molecule has 68 heavy (non-hydrogen) atoms. The second-order valence-corrected chi connectivity index (χ2v) is 25.4. The number of carbonyl (C=O) groups excluding carboxylic acids is 7. The smallest absolute Gasteiger partial charge is 0.334 e. The predicted octanol–water partition coefficient (Wildman–Crippen LogP) is 6.45. The average Bonchev–Trinajstić information content (AvgIpc) is 3.27. The van der Waals surface area contributed by atoms with E-state index in [-0.39, 0.29) is 41.7 Å². The number of likely N-dealkylation sites (N-methyl/N-ethyl adjacent to an activating group) is 3. The highest BCUT2D eigenvalue weighted by molar-refractivity contribution is 6.74. The fourth-order valence-corrected chi connectivity index (χ4v) is 9.00. The van der Waals surface area contributed by atoms with Crippen molar-refractivity contribution < 1.29 is 47.5 Å². The van der Waals surface area contributed by atoms with E-state index in [2.05, 4.69) is 50.4 Å². The second-order valence-electron chi connectivity index (χ2n) is 20.6. The number of hydrogen-bond acceptors (Lipinski definition) is 10. The Morgan fingerprint density at radius 3 is 2.07 bits per heavy atom. The molecule has 1 aromatic carbocycles. The fraction of sp³-hybridized carbons (Fsp3) is 0.673. The predicted molar refractivity (Wildman–Crippen MR) is 267 cm³/mol. The number of cyclic esters (lactones) is 2. The second kappa shape index (κ2) is 26.7. The Morgan fingerprint density at radius 1 is 0.897 bits per heavy atom. The third-order valence-corrected chi connectivity index (χ3v) is 18.1. The highest BCUT2D eigenvalue weighted by Crippen LogP contribution is 2.39. The number of terminal acetylenes is 1. The molecule has 15 nitrogen and oxygen atoms in total. The lowest BCUT2D eigenvalue weighted by molar-refractivity contribution is -0.162. The number of ether oxygens (including phenoxy) is 2. The molecule has 0 saturated heterocycles. The Labute approximate surface area is 408 Å². The minimum absolute atomic E-state index is 0.0611. The van der Waals surface area contributed by atoms with Gasteiger partial charge in [0.15, 0.2) is 14.4 Å². The summed E-state index contributed by atoms with van der Waals surface area (Å²) in [5.74, 6) is -2.65. The van der Waals surface area contributed by atoms with Crippen molar-refractivity contribution in [3.05, 3.63) is 47.5 Å². The van der Waals surface area contributed by atoms with E-state index in [0.29, 0.717) is 25.7 Å². The molecular weight excluding hydrogens is 883 g/mol. The van der Waals surface area contributed by atoms with Gasteiger partial charge in [-0.3, -0.25) is 24.0 Å². The van der Waals surface area contributed by atoms with Crippen LogP contribution in [0.1, 0.15) is 120 Å². The number of nitrogens with one attached hydrogen (secondary N) is 2. The van der Waals surface area contributed by atoms with Gasteiger partial charge in [0.25, 0.3) is 5.91 Å². The normalized spacial score (nSPS) is 25.3. The molecule has 0 bridgehead atoms. The van der Waals surface area contributed by atoms with Crippen molar-refractivity contribution in [2.45, 2.75) is 182 Å². The molecule has 5 amide bonds. The van der Waals surface area contributed by atoms with Crippen molar-refractivity contribution in [2.75, 3.05) is 27.7 Å². The summed E-state index contributed by atoms with van der Waals surface area (Å²) >= 11 is 0. The summed E-state index contributed by atoms with van der Waals surface area (Å²) in [6.07, 6.45) is 7.31. The topological polar surface area (TPSA) is 181 Å². The molecule has 0 unspecified atom stereocenters. The number of esters is 2. The zero-order valence-corrected chi connectivity index (χ0v) is 44.9. The van der Waals surface area contributed by atoms with Crippen molar-refractivity contribution in [1.82, 2.24) is 25.3 Å². The molecular formula is C52H83N5O10Si. The Balaban J connectivity index is 2.78. The Kier molecular flexibility index (Phi) is 23.2. The molecule has 1 aliphatic rings. The molecule has 380 valence electrons. The average molecular weight is 966 g/mol. The van der Waals surface area contributed by atoms with Gasteiger partial charge in [-0.2, -0.15) is 0 Å². The summed E-state index contributed by atoms with van der Waals surface area (Å²) in [5, 5.41) is 5.39. The molecule has 16 heteroatoms. The van der Waals surface area contributed by atoms with E-state index in [9.17, 15) is 33.6 Å². The van der Waals surface area contributed by atoms with Crippen LogP contribution >= 0.6 is 0 Å². The number of benzene rings is 1. The van der Waals surface area contributed by atoms with Crippen LogP contribution in [0.15, 0.2) is 42.0 Å². The summed E-state index contributed by atoms with van der Waals surface area (Å²) in [7, 11) is 1.99. The van der Waals surface area contributed by atoms with Crippen LogP contribution < -0.4 is 10.6 Å². The van der Waals surface area contributed by atoms with Gasteiger partial charge in [-0.15, -0.1) is 12.3 Å². The van der Waals surface area contributed by atoms with Gasteiger partial charge >= 0.3 is 11.9 Å². The summed E-state index contributed by atoms with van der Waals surface area (Å²) in [6.45, 7) is 24.2. The van der Waals surface area contributed by atoms with Crippen LogP contribution in [0.25, 0.3) is 0 Å². The molecule has 0 saturated carbocycles. The van der Waals surface area contributed by atoms with Gasteiger partial charge in [0.2, 0.25) is 23.6 Å². The lowest BCUT2D eigenvalue weighted by Crippen LogP contribution is -2.58. The number of amides is 5. The van der Waals surface area contributed by atoms with Crippen LogP contribution in [0.4, 0.5) is 0 Å². The monoisotopic (exact) mass is 966 g/mol. The Bertz CT molecular complexity index is 1960. The van der Waals surface area contributed by atoms with Gasteiger partial charge in [-0.25, -0.2) is 9.59 Å². The molecule has 2 rings (SSSR count). The standard InChI is InChI=1S/C52H83N5O10Si/c1-18-20-22-27-42(67-68(16,17)52(10,11)12)36(7)41-29-28-35(6)50(63)66-43(30-33(3)4)46(59)53-37(8)47(60)57(15)40(31-39-25-23-21-24-26-39)48(61)55(13)32-44(58)54-45(34(5)19-2)49(62)56(14)38(9)51(64)65-41/h1,21,23-26,28,33-34,36-38,40-43,45H,19-20,22,27,29-32H2,2-17H3,(H,53,59)(H,54,58)/b35-28+/t34-,36+,37+,38+,40-,41+,42-,43-,45-/m1/s1. The van der Waals surface area contributed by atoms with Crippen molar-refractivity contribution in [3.8, 4) is 12.3 Å². The van der Waals surface area contributed by atoms with E-state index in [4.69, 9.17) is 20.3 Å². The van der Waals surface area contributed by atoms with Crippen LogP contribution in [0, 0.1) is 30.1 Å². The molecule has 0 spiro atoms. The number of nitrogens with zero attached hydrogens (tertiary/aromatic N) is 3. The lowest BCUT2D eigenvalue weighted by atomic mass is 9.91. The molecule has 1 heterocycles. The summed E-state index contributed by atoms with van der Waals surface area (Å²) in [6, 6.07) is 4.64. The van der Waals surface area contributed by atoms with E-state index < -0.39 is 105 Å². The summed E-state index contributed by atoms with van der Waals surface area (Å²) in [4.78, 5) is 102. The zero-order valence-electron chi connectivity index (χ0n) is 43.9. The third kappa shape index (κ3) is 17.2. The highest BCUT2D eigenvalue weighted by atomic mass is 28.4. The van der Waals surface area contributed by atoms with Crippen LogP contribution in [-0.2, 0) is 53.9 Å². The first kappa shape index (κ1) is 59.1. The van der Waals surface area contributed by atoms with E-state index in [1.54, 1.807) is 19.9 Å². The van der Waals surface area contributed by atoms with E-state index in [1.165, 1.54) is 42.8 Å². The van der Waals surface area contributed by atoms with E-state index in [0.717, 1.165) is 5.56 Å². The van der Waals surface area contributed by atoms with Crippen LogP contribution in [-0.4, -0.2) is 135 Å². The molecule has 2 N–H and O–H groups in total. The van der Waals surface area contributed by atoms with Crippen LogP contribution in [0.5, 0.6) is 0 Å². The molecule has 1 aliphatic heterocycles. The van der Waals surface area contributed by atoms with Crippen molar-refractivity contribution in [1.29, 1.82) is 0 Å². The van der Waals surface area contributed by atoms with Gasteiger partial charge < -0.3 is 39.2 Å². The molecule has 0 radical (unpaired) electrons. The van der Waals surface area contributed by atoms with E-state index in [1.807, 2.05) is 65.0 Å². The molecule has 0 aromatic heterocycles. The number of rotatable bonds is 13. The van der Waals surface area contributed by atoms with Crippen molar-refractivity contribution in [2.24, 2.45) is 17.8 Å². The largest absolute Gasteiger partial charge is 0.460 e. The number of unbranched alkanes of at least 4 members (excludes halogenated alkanes) is 1.